The minimum atomic E-state index is -0.298. The standard InChI is InChI=1S/C12H16BrNO3/c1-8-3-4-11(15)10(5-8)12(16)14-9(6-13)7-17-2/h3-5,9,15H,6-7H2,1-2H3,(H,14,16). The molecule has 0 aliphatic heterocycles. The number of nitrogens with one attached hydrogen (secondary N) is 1. The first-order chi connectivity index (χ1) is 8.08. The Morgan fingerprint density at radius 3 is 2.88 bits per heavy atom. The number of rotatable bonds is 5. The number of halogens is 1. The number of alkyl halides is 1. The van der Waals surface area contributed by atoms with Crippen molar-refractivity contribution in [3.05, 3.63) is 29.3 Å². The summed E-state index contributed by atoms with van der Waals surface area (Å²) in [5, 5.41) is 13.0. The van der Waals surface area contributed by atoms with Gasteiger partial charge in [-0.05, 0) is 19.1 Å². The molecule has 2 N–H and O–H groups in total. The number of benzene rings is 1. The molecular weight excluding hydrogens is 286 g/mol. The zero-order chi connectivity index (χ0) is 12.8. The average molecular weight is 302 g/mol. The molecule has 0 saturated carbocycles. The number of carbonyl (C=O) groups excluding carboxylic acids is 1. The lowest BCUT2D eigenvalue weighted by atomic mass is 10.1. The fourth-order valence-electron chi connectivity index (χ4n) is 1.42. The van der Waals surface area contributed by atoms with Crippen LogP contribution in [0.1, 0.15) is 15.9 Å². The molecule has 17 heavy (non-hydrogen) atoms. The van der Waals surface area contributed by atoms with E-state index in [0.717, 1.165) is 5.56 Å². The first-order valence-corrected chi connectivity index (χ1v) is 6.36. The molecule has 0 heterocycles. The summed E-state index contributed by atoms with van der Waals surface area (Å²) in [6, 6.07) is 4.81. The summed E-state index contributed by atoms with van der Waals surface area (Å²) in [6.07, 6.45) is 0. The van der Waals surface area contributed by atoms with Crippen molar-refractivity contribution in [1.29, 1.82) is 0 Å². The van der Waals surface area contributed by atoms with Crippen LogP contribution in [0, 0.1) is 6.92 Å². The molecule has 0 spiro atoms. The molecule has 5 heteroatoms. The second kappa shape index (κ2) is 6.61. The van der Waals surface area contributed by atoms with E-state index in [1.54, 1.807) is 19.2 Å². The third-order valence-electron chi connectivity index (χ3n) is 2.29. The Hall–Kier alpha value is -1.07. The molecule has 0 aliphatic carbocycles. The van der Waals surface area contributed by atoms with Crippen LogP contribution in [0.5, 0.6) is 5.75 Å². The average Bonchev–Trinajstić information content (AvgIpc) is 2.31. The molecule has 1 aromatic carbocycles. The van der Waals surface area contributed by atoms with Gasteiger partial charge in [-0.2, -0.15) is 0 Å². The quantitative estimate of drug-likeness (QED) is 0.816. The number of hydrogen-bond donors (Lipinski definition) is 2. The third kappa shape index (κ3) is 4.02. The molecule has 0 bridgehead atoms. The first-order valence-electron chi connectivity index (χ1n) is 5.24. The van der Waals surface area contributed by atoms with Gasteiger partial charge in [-0.15, -0.1) is 0 Å². The van der Waals surface area contributed by atoms with E-state index in [9.17, 15) is 9.90 Å². The minimum absolute atomic E-state index is 0.0150. The molecule has 0 aromatic heterocycles. The number of phenols is 1. The van der Waals surface area contributed by atoms with Crippen LogP contribution in [0.25, 0.3) is 0 Å². The molecule has 1 unspecified atom stereocenters. The van der Waals surface area contributed by atoms with Crippen molar-refractivity contribution >= 4 is 21.8 Å². The van der Waals surface area contributed by atoms with Crippen LogP contribution in [0.15, 0.2) is 18.2 Å². The van der Waals surface area contributed by atoms with Crippen molar-refractivity contribution in [2.24, 2.45) is 0 Å². The number of aromatic hydroxyl groups is 1. The lowest BCUT2D eigenvalue weighted by Gasteiger charge is -2.15. The fraction of sp³-hybridized carbons (Fsp3) is 0.417. The smallest absolute Gasteiger partial charge is 0.255 e. The highest BCUT2D eigenvalue weighted by molar-refractivity contribution is 9.09. The molecule has 1 atom stereocenters. The molecule has 94 valence electrons. The Labute approximate surface area is 109 Å². The molecule has 0 radical (unpaired) electrons. The molecule has 4 nitrogen and oxygen atoms in total. The van der Waals surface area contributed by atoms with E-state index in [1.807, 2.05) is 6.92 Å². The van der Waals surface area contributed by atoms with E-state index < -0.39 is 0 Å². The Morgan fingerprint density at radius 1 is 1.59 bits per heavy atom. The maximum Gasteiger partial charge on any atom is 0.255 e. The monoisotopic (exact) mass is 301 g/mol. The first kappa shape index (κ1) is 14.0. The van der Waals surface area contributed by atoms with Crippen LogP contribution in [-0.2, 0) is 4.74 Å². The maximum absolute atomic E-state index is 11.9. The van der Waals surface area contributed by atoms with Crippen LogP contribution >= 0.6 is 15.9 Å². The summed E-state index contributed by atoms with van der Waals surface area (Å²) in [6.45, 7) is 2.29. The summed E-state index contributed by atoms with van der Waals surface area (Å²) in [5.74, 6) is -0.313. The predicted molar refractivity (Wildman–Crippen MR) is 69.8 cm³/mol. The third-order valence-corrected chi connectivity index (χ3v) is 3.07. The largest absolute Gasteiger partial charge is 0.507 e. The van der Waals surface area contributed by atoms with Gasteiger partial charge < -0.3 is 15.2 Å². The van der Waals surface area contributed by atoms with E-state index in [2.05, 4.69) is 21.2 Å². The van der Waals surface area contributed by atoms with Crippen molar-refractivity contribution in [1.82, 2.24) is 5.32 Å². The van der Waals surface area contributed by atoms with E-state index >= 15 is 0 Å². The normalized spacial score (nSPS) is 12.2. The van der Waals surface area contributed by atoms with E-state index in [4.69, 9.17) is 4.74 Å². The van der Waals surface area contributed by atoms with Gasteiger partial charge in [0.05, 0.1) is 18.2 Å². The van der Waals surface area contributed by atoms with Gasteiger partial charge in [-0.3, -0.25) is 4.79 Å². The van der Waals surface area contributed by atoms with Gasteiger partial charge in [0.15, 0.2) is 0 Å². The highest BCUT2D eigenvalue weighted by atomic mass is 79.9. The van der Waals surface area contributed by atoms with Gasteiger partial charge in [0.2, 0.25) is 0 Å². The fourth-order valence-corrected chi connectivity index (χ4v) is 1.77. The van der Waals surface area contributed by atoms with Crippen LogP contribution in [0.4, 0.5) is 0 Å². The lowest BCUT2D eigenvalue weighted by Crippen LogP contribution is -2.39. The van der Waals surface area contributed by atoms with Gasteiger partial charge in [0, 0.05) is 12.4 Å². The number of carbonyl (C=O) groups is 1. The van der Waals surface area contributed by atoms with Gasteiger partial charge >= 0.3 is 0 Å². The van der Waals surface area contributed by atoms with Crippen LogP contribution in [0.3, 0.4) is 0 Å². The number of methoxy groups -OCH3 is 1. The van der Waals surface area contributed by atoms with E-state index in [0.29, 0.717) is 11.9 Å². The van der Waals surface area contributed by atoms with Crippen molar-refractivity contribution in [3.63, 3.8) is 0 Å². The van der Waals surface area contributed by atoms with Crippen LogP contribution in [0.2, 0.25) is 0 Å². The van der Waals surface area contributed by atoms with E-state index in [1.165, 1.54) is 6.07 Å². The predicted octanol–water partition coefficient (Wildman–Crippen LogP) is 1.84. The van der Waals surface area contributed by atoms with Crippen LogP contribution < -0.4 is 5.32 Å². The summed E-state index contributed by atoms with van der Waals surface area (Å²) in [4.78, 5) is 11.9. The molecule has 1 aromatic rings. The number of hydrogen-bond acceptors (Lipinski definition) is 3. The molecule has 0 aliphatic rings. The number of phenolic OH excluding ortho intramolecular Hbond substituents is 1. The summed E-state index contributed by atoms with van der Waals surface area (Å²) < 4.78 is 4.98. The van der Waals surface area contributed by atoms with Crippen molar-refractivity contribution in [3.8, 4) is 5.75 Å². The van der Waals surface area contributed by atoms with Gasteiger partial charge in [0.25, 0.3) is 5.91 Å². The number of ether oxygens (including phenoxy) is 1. The summed E-state index contributed by atoms with van der Waals surface area (Å²) in [5.41, 5.74) is 1.21. The second-order valence-corrected chi connectivity index (χ2v) is 4.45. The Morgan fingerprint density at radius 2 is 2.29 bits per heavy atom. The van der Waals surface area contributed by atoms with Crippen molar-refractivity contribution < 1.29 is 14.6 Å². The topological polar surface area (TPSA) is 58.6 Å². The number of aryl methyl sites for hydroxylation is 1. The van der Waals surface area contributed by atoms with Crippen molar-refractivity contribution in [2.75, 3.05) is 19.0 Å². The SMILES string of the molecule is COCC(CBr)NC(=O)c1cc(C)ccc1O. The lowest BCUT2D eigenvalue weighted by molar-refractivity contribution is 0.0905. The Bertz CT molecular complexity index is 395. The molecule has 0 fully saturated rings. The zero-order valence-corrected chi connectivity index (χ0v) is 11.5. The van der Waals surface area contributed by atoms with Gasteiger partial charge in [-0.25, -0.2) is 0 Å². The zero-order valence-electron chi connectivity index (χ0n) is 9.87. The Kier molecular flexibility index (Phi) is 5.44. The minimum Gasteiger partial charge on any atom is -0.507 e. The Balaban J connectivity index is 2.78. The molecule has 1 rings (SSSR count). The van der Waals surface area contributed by atoms with Crippen molar-refractivity contribution in [2.45, 2.75) is 13.0 Å². The molecule has 1 amide bonds. The summed E-state index contributed by atoms with van der Waals surface area (Å²) in [7, 11) is 1.58. The highest BCUT2D eigenvalue weighted by Gasteiger charge is 2.15. The van der Waals surface area contributed by atoms with Crippen LogP contribution in [-0.4, -0.2) is 36.1 Å². The second-order valence-electron chi connectivity index (χ2n) is 3.80. The van der Waals surface area contributed by atoms with Gasteiger partial charge in [-0.1, -0.05) is 27.6 Å². The number of amides is 1. The molecular formula is C12H16BrNO3. The highest BCUT2D eigenvalue weighted by Crippen LogP contribution is 2.18. The van der Waals surface area contributed by atoms with E-state index in [-0.39, 0.29) is 23.3 Å². The molecule has 0 saturated heterocycles. The summed E-state index contributed by atoms with van der Waals surface area (Å²) >= 11 is 3.29. The van der Waals surface area contributed by atoms with Gasteiger partial charge in [0.1, 0.15) is 5.75 Å². The maximum atomic E-state index is 11.9.